The molecule has 10 nitrogen and oxygen atoms in total. The number of benzene rings is 1. The second-order valence-corrected chi connectivity index (χ2v) is 4.86. The third kappa shape index (κ3) is 3.79. The van der Waals surface area contributed by atoms with Crippen LogP contribution in [-0.4, -0.2) is 50.6 Å². The van der Waals surface area contributed by atoms with E-state index in [-0.39, 0.29) is 18.1 Å². The second kappa shape index (κ2) is 7.42. The van der Waals surface area contributed by atoms with Gasteiger partial charge in [0, 0.05) is 0 Å². The summed E-state index contributed by atoms with van der Waals surface area (Å²) in [6.07, 6.45) is 1.03. The molecule has 1 heterocycles. The fourth-order valence-corrected chi connectivity index (χ4v) is 2.03. The predicted octanol–water partition coefficient (Wildman–Crippen LogP) is 0.706. The normalized spacial score (nSPS) is 11.8. The third-order valence-corrected chi connectivity index (χ3v) is 3.30. The lowest BCUT2D eigenvalue weighted by molar-refractivity contribution is -0.384. The second-order valence-electron chi connectivity index (χ2n) is 4.86. The summed E-state index contributed by atoms with van der Waals surface area (Å²) in [6.45, 7) is -0.544. The molecule has 2 aromatic rings. The molecule has 1 unspecified atom stereocenters. The maximum absolute atomic E-state index is 11.1. The molecule has 0 spiro atoms. The molecule has 0 bridgehead atoms. The lowest BCUT2D eigenvalue weighted by Crippen LogP contribution is -2.34. The van der Waals surface area contributed by atoms with E-state index >= 15 is 0 Å². The Kier molecular flexibility index (Phi) is 5.32. The smallest absolute Gasteiger partial charge is 0.330 e. The average molecular weight is 336 g/mol. The average Bonchev–Trinajstić information content (AvgIpc) is 2.95. The van der Waals surface area contributed by atoms with Gasteiger partial charge in [0.25, 0.3) is 0 Å². The zero-order valence-electron chi connectivity index (χ0n) is 12.7. The van der Waals surface area contributed by atoms with Crippen LogP contribution in [0, 0.1) is 10.1 Å². The summed E-state index contributed by atoms with van der Waals surface area (Å²) in [5, 5.41) is 35.6. The van der Waals surface area contributed by atoms with Gasteiger partial charge in [-0.25, -0.2) is 9.48 Å². The molecule has 2 rings (SSSR count). The molecular weight excluding hydrogens is 320 g/mol. The molecule has 0 aliphatic rings. The van der Waals surface area contributed by atoms with Crippen LogP contribution in [0.5, 0.6) is 5.75 Å². The van der Waals surface area contributed by atoms with Crippen molar-refractivity contribution in [2.75, 3.05) is 19.0 Å². The Morgan fingerprint density at radius 2 is 2.12 bits per heavy atom. The molecule has 0 aliphatic heterocycles. The van der Waals surface area contributed by atoms with E-state index in [4.69, 9.17) is 14.9 Å². The van der Waals surface area contributed by atoms with Crippen LogP contribution < -0.4 is 10.1 Å². The number of carboxylic acid groups (broad SMARTS) is 1. The molecule has 24 heavy (non-hydrogen) atoms. The number of nitrogens with zero attached hydrogens (tertiary/aromatic N) is 3. The molecule has 0 fully saturated rings. The van der Waals surface area contributed by atoms with Crippen molar-refractivity contribution < 1.29 is 24.7 Å². The van der Waals surface area contributed by atoms with Gasteiger partial charge >= 0.3 is 11.7 Å². The highest BCUT2D eigenvalue weighted by molar-refractivity contribution is 5.78. The molecule has 128 valence electrons. The standard InChI is InChI=1S/C14H16N4O6/c1-24-10-4-2-9(3-5-10)7-17-13(12(6-15-17)18(22)23)16-11(8-19)14(20)21/h2-6,11,16,19H,7-8H2,1H3,(H,20,21). The van der Waals surface area contributed by atoms with Crippen LogP contribution >= 0.6 is 0 Å². The fourth-order valence-electron chi connectivity index (χ4n) is 2.03. The van der Waals surface area contributed by atoms with Crippen molar-refractivity contribution in [3.8, 4) is 5.75 Å². The molecule has 0 saturated heterocycles. The van der Waals surface area contributed by atoms with E-state index in [0.717, 1.165) is 11.8 Å². The van der Waals surface area contributed by atoms with Gasteiger partial charge in [0.2, 0.25) is 5.82 Å². The first-order chi connectivity index (χ1) is 11.5. The Balaban J connectivity index is 2.31. The molecule has 0 radical (unpaired) electrons. The molecule has 10 heteroatoms. The summed E-state index contributed by atoms with van der Waals surface area (Å²) in [6, 6.07) is 5.60. The molecule has 0 amide bonds. The topological polar surface area (TPSA) is 140 Å². The molecule has 1 aromatic carbocycles. The quantitative estimate of drug-likeness (QED) is 0.473. The van der Waals surface area contributed by atoms with Gasteiger partial charge in [-0.1, -0.05) is 12.1 Å². The summed E-state index contributed by atoms with van der Waals surface area (Å²) < 4.78 is 6.32. The first-order valence-electron chi connectivity index (χ1n) is 6.89. The largest absolute Gasteiger partial charge is 0.497 e. The number of nitrogens with one attached hydrogen (secondary N) is 1. The Morgan fingerprint density at radius 1 is 1.46 bits per heavy atom. The number of anilines is 1. The minimum absolute atomic E-state index is 0.0859. The fraction of sp³-hybridized carbons (Fsp3) is 0.286. The number of nitro groups is 1. The molecule has 3 N–H and O–H groups in total. The van der Waals surface area contributed by atoms with E-state index in [2.05, 4.69) is 10.4 Å². The number of aliphatic carboxylic acids is 1. The van der Waals surface area contributed by atoms with Gasteiger partial charge in [0.15, 0.2) is 0 Å². The number of ether oxygens (including phenoxy) is 1. The van der Waals surface area contributed by atoms with Gasteiger partial charge < -0.3 is 20.3 Å². The van der Waals surface area contributed by atoms with Gasteiger partial charge in [0.1, 0.15) is 18.0 Å². The van der Waals surface area contributed by atoms with Gasteiger partial charge in [0.05, 0.1) is 25.2 Å². The first kappa shape index (κ1) is 17.2. The Hall–Kier alpha value is -3.14. The lowest BCUT2D eigenvalue weighted by Gasteiger charge is -2.14. The van der Waals surface area contributed by atoms with Gasteiger partial charge in [-0.2, -0.15) is 5.10 Å². The van der Waals surface area contributed by atoms with Crippen molar-refractivity contribution in [3.63, 3.8) is 0 Å². The zero-order chi connectivity index (χ0) is 17.7. The maximum atomic E-state index is 11.1. The number of hydrogen-bond donors (Lipinski definition) is 3. The van der Waals surface area contributed by atoms with Crippen molar-refractivity contribution >= 4 is 17.5 Å². The van der Waals surface area contributed by atoms with E-state index in [1.54, 1.807) is 24.3 Å². The maximum Gasteiger partial charge on any atom is 0.330 e. The van der Waals surface area contributed by atoms with Gasteiger partial charge in [-0.15, -0.1) is 0 Å². The van der Waals surface area contributed by atoms with Crippen LogP contribution in [0.15, 0.2) is 30.5 Å². The van der Waals surface area contributed by atoms with E-state index in [1.165, 1.54) is 11.8 Å². The first-order valence-corrected chi connectivity index (χ1v) is 6.89. The molecule has 0 saturated carbocycles. The molecule has 1 atom stereocenters. The minimum atomic E-state index is -1.38. The van der Waals surface area contributed by atoms with Crippen LogP contribution in [0.2, 0.25) is 0 Å². The number of aliphatic hydroxyl groups excluding tert-OH is 1. The van der Waals surface area contributed by atoms with Crippen molar-refractivity contribution in [2.45, 2.75) is 12.6 Å². The van der Waals surface area contributed by atoms with E-state index in [9.17, 15) is 14.9 Å². The van der Waals surface area contributed by atoms with E-state index < -0.39 is 23.5 Å². The van der Waals surface area contributed by atoms with Gasteiger partial charge in [-0.05, 0) is 17.7 Å². The van der Waals surface area contributed by atoms with Crippen LogP contribution in [0.4, 0.5) is 11.5 Å². The number of aromatic nitrogens is 2. The number of carbonyl (C=O) groups is 1. The lowest BCUT2D eigenvalue weighted by atomic mass is 10.2. The van der Waals surface area contributed by atoms with E-state index in [1.807, 2.05) is 0 Å². The number of rotatable bonds is 8. The molecule has 0 aliphatic carbocycles. The highest BCUT2D eigenvalue weighted by Crippen LogP contribution is 2.25. The SMILES string of the molecule is COc1ccc(Cn2ncc([N+](=O)[O-])c2NC(CO)C(=O)O)cc1. The summed E-state index contributed by atoms with van der Waals surface area (Å²) in [5.41, 5.74) is 0.413. The van der Waals surface area contributed by atoms with Crippen molar-refractivity contribution in [1.29, 1.82) is 0 Å². The summed E-state index contributed by atoms with van der Waals surface area (Å²) in [5.74, 6) is -0.754. The zero-order valence-corrected chi connectivity index (χ0v) is 12.7. The number of methoxy groups -OCH3 is 1. The van der Waals surface area contributed by atoms with Crippen molar-refractivity contribution in [2.24, 2.45) is 0 Å². The van der Waals surface area contributed by atoms with Crippen LogP contribution in [0.25, 0.3) is 0 Å². The van der Waals surface area contributed by atoms with Crippen LogP contribution in [0.3, 0.4) is 0 Å². The monoisotopic (exact) mass is 336 g/mol. The Morgan fingerprint density at radius 3 is 2.62 bits per heavy atom. The number of hydrogen-bond acceptors (Lipinski definition) is 7. The highest BCUT2D eigenvalue weighted by Gasteiger charge is 2.26. The minimum Gasteiger partial charge on any atom is -0.497 e. The summed E-state index contributed by atoms with van der Waals surface area (Å²) >= 11 is 0. The third-order valence-electron chi connectivity index (χ3n) is 3.30. The molecular formula is C14H16N4O6. The Labute approximate surface area is 136 Å². The Bertz CT molecular complexity index is 727. The predicted molar refractivity (Wildman–Crippen MR) is 83.1 cm³/mol. The number of aliphatic hydroxyl groups is 1. The highest BCUT2D eigenvalue weighted by atomic mass is 16.6. The summed E-state index contributed by atoms with van der Waals surface area (Å²) in [7, 11) is 1.54. The van der Waals surface area contributed by atoms with E-state index in [0.29, 0.717) is 5.75 Å². The molecule has 1 aromatic heterocycles. The van der Waals surface area contributed by atoms with Gasteiger partial charge in [-0.3, -0.25) is 10.1 Å². The van der Waals surface area contributed by atoms with Crippen molar-refractivity contribution in [1.82, 2.24) is 9.78 Å². The van der Waals surface area contributed by atoms with Crippen molar-refractivity contribution in [3.05, 3.63) is 46.1 Å². The van der Waals surface area contributed by atoms with Crippen LogP contribution in [0.1, 0.15) is 5.56 Å². The number of carboxylic acids is 1. The van der Waals surface area contributed by atoms with Crippen LogP contribution in [-0.2, 0) is 11.3 Å². The summed E-state index contributed by atoms with van der Waals surface area (Å²) in [4.78, 5) is 21.5.